The minimum absolute atomic E-state index is 0.0754. The number of hydrogen-bond acceptors (Lipinski definition) is 6. The van der Waals surface area contributed by atoms with E-state index in [1.165, 1.54) is 6.92 Å². The molecule has 0 aromatic rings. The van der Waals surface area contributed by atoms with Crippen molar-refractivity contribution in [2.75, 3.05) is 26.4 Å². The van der Waals surface area contributed by atoms with E-state index < -0.39 is 17.9 Å². The van der Waals surface area contributed by atoms with E-state index in [9.17, 15) is 15.0 Å². The first-order valence-electron chi connectivity index (χ1n) is 6.17. The minimum atomic E-state index is -1.14. The average Bonchev–Trinajstić information content (AvgIpc) is 2.28. The summed E-state index contributed by atoms with van der Waals surface area (Å²) in [7, 11) is 0. The fraction of sp³-hybridized carbons (Fsp3) is 0.769. The number of ether oxygens (including phenoxy) is 3. The van der Waals surface area contributed by atoms with Crippen LogP contribution in [0.15, 0.2) is 12.2 Å². The fourth-order valence-corrected chi connectivity index (χ4v) is 1.05. The third-order valence-corrected chi connectivity index (χ3v) is 1.95. The molecule has 0 saturated carbocycles. The lowest BCUT2D eigenvalue weighted by atomic mass is 10.3. The number of esters is 1. The molecule has 112 valence electrons. The highest BCUT2D eigenvalue weighted by atomic mass is 16.6. The van der Waals surface area contributed by atoms with Crippen molar-refractivity contribution in [2.24, 2.45) is 0 Å². The van der Waals surface area contributed by atoms with Gasteiger partial charge in [-0.15, -0.1) is 0 Å². The van der Waals surface area contributed by atoms with Crippen molar-refractivity contribution in [1.29, 1.82) is 0 Å². The van der Waals surface area contributed by atoms with Gasteiger partial charge >= 0.3 is 5.97 Å². The first kappa shape index (κ1) is 18.0. The summed E-state index contributed by atoms with van der Waals surface area (Å²) in [6, 6.07) is 0. The third-order valence-electron chi connectivity index (χ3n) is 1.95. The predicted octanol–water partition coefficient (Wildman–Crippen LogP) is 0.618. The van der Waals surface area contributed by atoms with Crippen LogP contribution < -0.4 is 0 Å². The molecule has 0 aliphatic heterocycles. The molecule has 6 heteroatoms. The van der Waals surface area contributed by atoms with Gasteiger partial charge in [-0.3, -0.25) is 0 Å². The van der Waals surface area contributed by atoms with Gasteiger partial charge in [-0.1, -0.05) is 6.58 Å². The van der Waals surface area contributed by atoms with Gasteiger partial charge in [-0.05, 0) is 27.2 Å². The lowest BCUT2D eigenvalue weighted by Gasteiger charge is -2.18. The van der Waals surface area contributed by atoms with Crippen LogP contribution in [0.3, 0.4) is 0 Å². The van der Waals surface area contributed by atoms with Gasteiger partial charge in [0.2, 0.25) is 0 Å². The lowest BCUT2D eigenvalue weighted by molar-refractivity contribution is -0.178. The molecule has 0 aliphatic rings. The quantitative estimate of drug-likeness (QED) is 0.263. The Hall–Kier alpha value is -0.950. The number of aliphatic hydroxyl groups excluding tert-OH is 1. The van der Waals surface area contributed by atoms with Crippen LogP contribution in [-0.2, 0) is 19.0 Å². The first-order chi connectivity index (χ1) is 8.72. The van der Waals surface area contributed by atoms with Gasteiger partial charge in [0, 0.05) is 12.2 Å². The van der Waals surface area contributed by atoms with Crippen molar-refractivity contribution in [3.63, 3.8) is 0 Å². The van der Waals surface area contributed by atoms with Crippen LogP contribution in [0.1, 0.15) is 27.2 Å². The Morgan fingerprint density at radius 3 is 2.47 bits per heavy atom. The van der Waals surface area contributed by atoms with E-state index in [1.807, 2.05) is 0 Å². The number of aliphatic hydroxyl groups is 2. The minimum Gasteiger partial charge on any atom is -0.460 e. The molecule has 0 fully saturated rings. The molecule has 2 N–H and O–H groups in total. The number of carbonyl (C=O) groups excluding carboxylic acids is 1. The molecule has 0 bridgehead atoms. The van der Waals surface area contributed by atoms with Crippen LogP contribution in [0.5, 0.6) is 0 Å². The second kappa shape index (κ2) is 9.03. The normalized spacial score (nSPS) is 13.1. The maximum Gasteiger partial charge on any atom is 0.333 e. The van der Waals surface area contributed by atoms with Crippen LogP contribution in [0.4, 0.5) is 0 Å². The van der Waals surface area contributed by atoms with E-state index in [0.29, 0.717) is 19.6 Å². The van der Waals surface area contributed by atoms with Crippen LogP contribution >= 0.6 is 0 Å². The average molecular weight is 276 g/mol. The molecule has 0 spiro atoms. The zero-order chi connectivity index (χ0) is 14.9. The van der Waals surface area contributed by atoms with Gasteiger partial charge in [-0.25, -0.2) is 4.79 Å². The molecular weight excluding hydrogens is 252 g/mol. The highest BCUT2D eigenvalue weighted by Crippen LogP contribution is 2.03. The second-order valence-corrected chi connectivity index (χ2v) is 4.76. The van der Waals surface area contributed by atoms with Crippen molar-refractivity contribution >= 4 is 5.97 Å². The molecule has 0 amide bonds. The molecule has 1 atom stereocenters. The topological polar surface area (TPSA) is 85.2 Å². The molecule has 0 aromatic heterocycles. The van der Waals surface area contributed by atoms with Crippen molar-refractivity contribution in [1.82, 2.24) is 0 Å². The van der Waals surface area contributed by atoms with Gasteiger partial charge < -0.3 is 24.4 Å². The maximum atomic E-state index is 11.0. The summed E-state index contributed by atoms with van der Waals surface area (Å²) in [5, 5.41) is 18.7. The molecule has 1 unspecified atom stereocenters. The van der Waals surface area contributed by atoms with Crippen LogP contribution in [-0.4, -0.2) is 54.5 Å². The maximum absolute atomic E-state index is 11.0. The van der Waals surface area contributed by atoms with Gasteiger partial charge in [0.15, 0.2) is 5.79 Å². The SMILES string of the molecule is C=C(C)C(=O)OCC(O)COCCCOC(C)(C)O. The standard InChI is InChI=1S/C13H24O6/c1-10(2)12(15)18-9-11(14)8-17-6-5-7-19-13(3,4)16/h11,14,16H,1,5-9H2,2-4H3. The molecule has 0 saturated heterocycles. The van der Waals surface area contributed by atoms with E-state index in [1.54, 1.807) is 13.8 Å². The van der Waals surface area contributed by atoms with Crippen molar-refractivity contribution in [3.8, 4) is 0 Å². The third kappa shape index (κ3) is 11.9. The van der Waals surface area contributed by atoms with Gasteiger partial charge in [0.25, 0.3) is 0 Å². The van der Waals surface area contributed by atoms with E-state index in [4.69, 9.17) is 14.2 Å². The fourth-order valence-electron chi connectivity index (χ4n) is 1.05. The largest absolute Gasteiger partial charge is 0.460 e. The highest BCUT2D eigenvalue weighted by molar-refractivity contribution is 5.86. The summed E-state index contributed by atoms with van der Waals surface area (Å²) in [4.78, 5) is 11.0. The Kier molecular flexibility index (Phi) is 8.58. The van der Waals surface area contributed by atoms with Gasteiger partial charge in [0.05, 0.1) is 13.2 Å². The van der Waals surface area contributed by atoms with E-state index in [2.05, 4.69) is 6.58 Å². The summed E-state index contributed by atoms with van der Waals surface area (Å²) >= 11 is 0. The highest BCUT2D eigenvalue weighted by Gasteiger charge is 2.12. The molecule has 6 nitrogen and oxygen atoms in total. The molecular formula is C13H24O6. The summed E-state index contributed by atoms with van der Waals surface area (Å²) in [6.07, 6.45) is -0.263. The van der Waals surface area contributed by atoms with E-state index in [-0.39, 0.29) is 18.8 Å². The Morgan fingerprint density at radius 1 is 1.32 bits per heavy atom. The first-order valence-corrected chi connectivity index (χ1v) is 6.17. The van der Waals surface area contributed by atoms with Crippen LogP contribution in [0.25, 0.3) is 0 Å². The number of hydrogen-bond donors (Lipinski definition) is 2. The van der Waals surface area contributed by atoms with Crippen LogP contribution in [0.2, 0.25) is 0 Å². The number of rotatable bonds is 10. The monoisotopic (exact) mass is 276 g/mol. The predicted molar refractivity (Wildman–Crippen MR) is 69.5 cm³/mol. The smallest absolute Gasteiger partial charge is 0.333 e. The number of carbonyl (C=O) groups is 1. The Balaban J connectivity index is 3.46. The van der Waals surface area contributed by atoms with Gasteiger partial charge in [0.1, 0.15) is 12.7 Å². The molecule has 0 aromatic carbocycles. The Morgan fingerprint density at radius 2 is 1.95 bits per heavy atom. The van der Waals surface area contributed by atoms with Crippen molar-refractivity contribution < 1.29 is 29.2 Å². The molecule has 0 heterocycles. The molecule has 19 heavy (non-hydrogen) atoms. The molecule has 0 rings (SSSR count). The van der Waals surface area contributed by atoms with Gasteiger partial charge in [-0.2, -0.15) is 0 Å². The van der Waals surface area contributed by atoms with E-state index >= 15 is 0 Å². The summed E-state index contributed by atoms with van der Waals surface area (Å²) in [5.41, 5.74) is 0.289. The Labute approximate surface area is 114 Å². The van der Waals surface area contributed by atoms with E-state index in [0.717, 1.165) is 0 Å². The molecule has 0 radical (unpaired) electrons. The summed E-state index contributed by atoms with van der Waals surface area (Å²) in [6.45, 7) is 8.77. The zero-order valence-electron chi connectivity index (χ0n) is 11.8. The lowest BCUT2D eigenvalue weighted by Crippen LogP contribution is -2.25. The summed E-state index contributed by atoms with van der Waals surface area (Å²) in [5.74, 6) is -1.67. The van der Waals surface area contributed by atoms with Crippen molar-refractivity contribution in [3.05, 3.63) is 12.2 Å². The second-order valence-electron chi connectivity index (χ2n) is 4.76. The summed E-state index contributed by atoms with van der Waals surface area (Å²) < 4.78 is 15.0. The van der Waals surface area contributed by atoms with Crippen molar-refractivity contribution in [2.45, 2.75) is 39.1 Å². The van der Waals surface area contributed by atoms with Crippen LogP contribution in [0, 0.1) is 0 Å². The zero-order valence-corrected chi connectivity index (χ0v) is 11.8. The molecule has 0 aliphatic carbocycles. The Bertz CT molecular complexity index is 281.